The lowest BCUT2D eigenvalue weighted by atomic mass is 9.92. The number of rotatable bonds is 2. The van der Waals surface area contributed by atoms with Crippen LogP contribution in [0.3, 0.4) is 0 Å². The topological polar surface area (TPSA) is 35.5 Å². The molecule has 90 valence electrons. The number of nitrogens with one attached hydrogen (secondary N) is 1. The Morgan fingerprint density at radius 2 is 2.00 bits per heavy atom. The highest BCUT2D eigenvalue weighted by Crippen LogP contribution is 2.23. The van der Waals surface area contributed by atoms with Crippen LogP contribution < -0.4 is 5.32 Å². The summed E-state index contributed by atoms with van der Waals surface area (Å²) in [4.78, 5) is 2.50. The monoisotopic (exact) mass is 214 g/mol. The molecule has 3 heteroatoms. The zero-order valence-electron chi connectivity index (χ0n) is 10.8. The molecule has 0 spiro atoms. The molecule has 1 atom stereocenters. The van der Waals surface area contributed by atoms with E-state index in [1.54, 1.807) is 0 Å². The predicted molar refractivity (Wildman–Crippen MR) is 64.0 cm³/mol. The van der Waals surface area contributed by atoms with Crippen molar-refractivity contribution in [3.8, 4) is 0 Å². The predicted octanol–water partition coefficient (Wildman–Crippen LogP) is 1.22. The molecular formula is C12H26N2O. The van der Waals surface area contributed by atoms with E-state index in [-0.39, 0.29) is 17.7 Å². The Labute approximate surface area is 93.9 Å². The summed E-state index contributed by atoms with van der Waals surface area (Å²) in [7, 11) is 0. The first-order valence-electron chi connectivity index (χ1n) is 5.88. The van der Waals surface area contributed by atoms with E-state index in [4.69, 9.17) is 5.11 Å². The van der Waals surface area contributed by atoms with Crippen LogP contribution in [0.15, 0.2) is 0 Å². The lowest BCUT2D eigenvalue weighted by Crippen LogP contribution is -2.65. The Balaban J connectivity index is 2.68. The van der Waals surface area contributed by atoms with Gasteiger partial charge >= 0.3 is 0 Å². The van der Waals surface area contributed by atoms with Crippen LogP contribution in [0, 0.1) is 0 Å². The van der Waals surface area contributed by atoms with E-state index in [0.717, 1.165) is 19.5 Å². The Morgan fingerprint density at radius 1 is 1.40 bits per heavy atom. The molecule has 1 heterocycles. The van der Waals surface area contributed by atoms with Gasteiger partial charge < -0.3 is 10.4 Å². The quantitative estimate of drug-likeness (QED) is 0.725. The Morgan fingerprint density at radius 3 is 2.47 bits per heavy atom. The minimum Gasteiger partial charge on any atom is -0.396 e. The van der Waals surface area contributed by atoms with E-state index in [0.29, 0.717) is 6.04 Å². The van der Waals surface area contributed by atoms with Gasteiger partial charge in [-0.1, -0.05) is 0 Å². The third-order valence-electron chi connectivity index (χ3n) is 3.05. The average Bonchev–Trinajstić information content (AvgIpc) is 1.99. The first-order chi connectivity index (χ1) is 6.74. The third kappa shape index (κ3) is 3.74. The molecule has 1 aliphatic rings. The molecule has 0 aromatic carbocycles. The van der Waals surface area contributed by atoms with E-state index in [9.17, 15) is 0 Å². The van der Waals surface area contributed by atoms with Crippen molar-refractivity contribution in [1.29, 1.82) is 0 Å². The summed E-state index contributed by atoms with van der Waals surface area (Å²) in [5, 5.41) is 12.6. The average molecular weight is 214 g/mol. The molecule has 0 saturated carbocycles. The van der Waals surface area contributed by atoms with Crippen LogP contribution in [-0.4, -0.2) is 46.8 Å². The molecule has 0 bridgehead atoms. The molecule has 1 rings (SSSR count). The van der Waals surface area contributed by atoms with Gasteiger partial charge in [-0.25, -0.2) is 0 Å². The number of aliphatic hydroxyl groups excluding tert-OH is 1. The van der Waals surface area contributed by atoms with Crippen LogP contribution in [0.25, 0.3) is 0 Å². The number of hydrogen-bond donors (Lipinski definition) is 2. The summed E-state index contributed by atoms with van der Waals surface area (Å²) in [6.45, 7) is 13.6. The Bertz CT molecular complexity index is 208. The van der Waals surface area contributed by atoms with Crippen LogP contribution in [0.1, 0.15) is 41.0 Å². The van der Waals surface area contributed by atoms with Gasteiger partial charge in [-0.2, -0.15) is 0 Å². The Kier molecular flexibility index (Phi) is 3.80. The lowest BCUT2D eigenvalue weighted by molar-refractivity contribution is 0.0376. The normalized spacial score (nSPS) is 28.0. The SMILES string of the molecule is CC1(C)CN(C(C)(C)C)CC(CCO)N1. The van der Waals surface area contributed by atoms with E-state index in [1.807, 2.05) is 0 Å². The molecule has 0 aromatic heterocycles. The number of aliphatic hydroxyl groups is 1. The van der Waals surface area contributed by atoms with E-state index >= 15 is 0 Å². The lowest BCUT2D eigenvalue weighted by Gasteiger charge is -2.49. The van der Waals surface area contributed by atoms with Crippen molar-refractivity contribution < 1.29 is 5.11 Å². The van der Waals surface area contributed by atoms with Crippen LogP contribution in [0.5, 0.6) is 0 Å². The van der Waals surface area contributed by atoms with Gasteiger partial charge in [-0.3, -0.25) is 4.90 Å². The van der Waals surface area contributed by atoms with Crippen molar-refractivity contribution in [3.05, 3.63) is 0 Å². The van der Waals surface area contributed by atoms with Crippen molar-refractivity contribution in [2.45, 2.75) is 58.2 Å². The molecule has 1 unspecified atom stereocenters. The smallest absolute Gasteiger partial charge is 0.0446 e. The number of nitrogens with zero attached hydrogens (tertiary/aromatic N) is 1. The van der Waals surface area contributed by atoms with Crippen LogP contribution in [0.2, 0.25) is 0 Å². The molecule has 3 nitrogen and oxygen atoms in total. The van der Waals surface area contributed by atoms with Crippen molar-refractivity contribution >= 4 is 0 Å². The molecule has 0 radical (unpaired) electrons. The standard InChI is InChI=1S/C12H26N2O/c1-11(2,3)14-8-10(6-7-15)13-12(4,5)9-14/h10,13,15H,6-9H2,1-5H3. The van der Waals surface area contributed by atoms with E-state index < -0.39 is 0 Å². The van der Waals surface area contributed by atoms with Crippen molar-refractivity contribution in [2.75, 3.05) is 19.7 Å². The van der Waals surface area contributed by atoms with Gasteiger partial charge in [0.15, 0.2) is 0 Å². The van der Waals surface area contributed by atoms with Gasteiger partial charge in [0.1, 0.15) is 0 Å². The molecule has 0 amide bonds. The zero-order chi connectivity index (χ0) is 11.7. The molecule has 0 aromatic rings. The highest BCUT2D eigenvalue weighted by atomic mass is 16.3. The number of piperazine rings is 1. The molecule has 2 N–H and O–H groups in total. The molecule has 1 saturated heterocycles. The summed E-state index contributed by atoms with van der Waals surface area (Å²) in [5.41, 5.74) is 0.360. The van der Waals surface area contributed by atoms with Crippen LogP contribution >= 0.6 is 0 Å². The molecule has 15 heavy (non-hydrogen) atoms. The minimum absolute atomic E-state index is 0.144. The number of hydrogen-bond acceptors (Lipinski definition) is 3. The van der Waals surface area contributed by atoms with Crippen molar-refractivity contribution in [2.24, 2.45) is 0 Å². The fraction of sp³-hybridized carbons (Fsp3) is 1.00. The summed E-state index contributed by atoms with van der Waals surface area (Å²) in [6.07, 6.45) is 0.843. The maximum atomic E-state index is 9.02. The maximum Gasteiger partial charge on any atom is 0.0446 e. The first-order valence-corrected chi connectivity index (χ1v) is 5.88. The highest BCUT2D eigenvalue weighted by Gasteiger charge is 2.35. The van der Waals surface area contributed by atoms with Gasteiger partial charge in [0.2, 0.25) is 0 Å². The van der Waals surface area contributed by atoms with Gasteiger partial charge in [0.25, 0.3) is 0 Å². The third-order valence-corrected chi connectivity index (χ3v) is 3.05. The van der Waals surface area contributed by atoms with Gasteiger partial charge in [-0.15, -0.1) is 0 Å². The molecular weight excluding hydrogens is 188 g/mol. The molecule has 1 aliphatic heterocycles. The van der Waals surface area contributed by atoms with Crippen LogP contribution in [0.4, 0.5) is 0 Å². The second kappa shape index (κ2) is 4.40. The van der Waals surface area contributed by atoms with E-state index in [1.165, 1.54) is 0 Å². The summed E-state index contributed by atoms with van der Waals surface area (Å²) in [5.74, 6) is 0. The molecule has 0 aliphatic carbocycles. The second-order valence-corrected chi connectivity index (χ2v) is 6.29. The molecule has 1 fully saturated rings. The summed E-state index contributed by atoms with van der Waals surface area (Å²) < 4.78 is 0. The summed E-state index contributed by atoms with van der Waals surface area (Å²) >= 11 is 0. The van der Waals surface area contributed by atoms with Gasteiger partial charge in [-0.05, 0) is 41.0 Å². The van der Waals surface area contributed by atoms with Crippen molar-refractivity contribution in [1.82, 2.24) is 10.2 Å². The van der Waals surface area contributed by atoms with Crippen molar-refractivity contribution in [3.63, 3.8) is 0 Å². The zero-order valence-corrected chi connectivity index (χ0v) is 10.8. The summed E-state index contributed by atoms with van der Waals surface area (Å²) in [6, 6.07) is 0.415. The Hall–Kier alpha value is -0.120. The van der Waals surface area contributed by atoms with Gasteiger partial charge in [0, 0.05) is 36.8 Å². The highest BCUT2D eigenvalue weighted by molar-refractivity contribution is 4.96. The first kappa shape index (κ1) is 12.9. The maximum absolute atomic E-state index is 9.02. The van der Waals surface area contributed by atoms with Crippen LogP contribution in [-0.2, 0) is 0 Å². The minimum atomic E-state index is 0.144. The fourth-order valence-electron chi connectivity index (χ4n) is 2.28. The second-order valence-electron chi connectivity index (χ2n) is 6.29. The largest absolute Gasteiger partial charge is 0.396 e. The fourth-order valence-corrected chi connectivity index (χ4v) is 2.28. The van der Waals surface area contributed by atoms with E-state index in [2.05, 4.69) is 44.8 Å². The van der Waals surface area contributed by atoms with Gasteiger partial charge in [0.05, 0.1) is 0 Å².